The standard InChI is InChI=1S/C15H21NO4/c1-2-3-11-4-5-13(17)16(8-6-11)10-12-7-9-20-14(12)15(18)19/h7,9,11H,2-6,8,10H2,1H3,(H,18,19). The van der Waals surface area contributed by atoms with Gasteiger partial charge in [-0.2, -0.15) is 0 Å². The van der Waals surface area contributed by atoms with E-state index in [0.717, 1.165) is 25.7 Å². The molecule has 1 aromatic heterocycles. The smallest absolute Gasteiger partial charge is 0.372 e. The van der Waals surface area contributed by atoms with Crippen molar-refractivity contribution in [1.82, 2.24) is 4.90 Å². The van der Waals surface area contributed by atoms with Crippen molar-refractivity contribution < 1.29 is 19.1 Å². The van der Waals surface area contributed by atoms with Gasteiger partial charge in [0.1, 0.15) is 0 Å². The second kappa shape index (κ2) is 6.59. The fraction of sp³-hybridized carbons (Fsp3) is 0.600. The van der Waals surface area contributed by atoms with Crippen LogP contribution in [0.4, 0.5) is 0 Å². The van der Waals surface area contributed by atoms with Crippen LogP contribution >= 0.6 is 0 Å². The van der Waals surface area contributed by atoms with Crippen molar-refractivity contribution in [3.8, 4) is 0 Å². The molecular formula is C15H21NO4. The van der Waals surface area contributed by atoms with Crippen LogP contribution in [0.15, 0.2) is 16.7 Å². The van der Waals surface area contributed by atoms with Crippen LogP contribution in [0.2, 0.25) is 0 Å². The van der Waals surface area contributed by atoms with E-state index in [-0.39, 0.29) is 11.7 Å². The third kappa shape index (κ3) is 3.40. The first kappa shape index (κ1) is 14.6. The van der Waals surface area contributed by atoms with Crippen molar-refractivity contribution in [2.45, 2.75) is 45.6 Å². The van der Waals surface area contributed by atoms with Gasteiger partial charge in [-0.1, -0.05) is 19.8 Å². The summed E-state index contributed by atoms with van der Waals surface area (Å²) in [5.41, 5.74) is 0.569. The number of nitrogens with zero attached hydrogens (tertiary/aromatic N) is 1. The van der Waals surface area contributed by atoms with Gasteiger partial charge >= 0.3 is 5.97 Å². The number of carboxylic acid groups (broad SMARTS) is 1. The molecule has 1 aromatic rings. The quantitative estimate of drug-likeness (QED) is 0.899. The fourth-order valence-corrected chi connectivity index (χ4v) is 2.81. The highest BCUT2D eigenvalue weighted by molar-refractivity contribution is 5.86. The summed E-state index contributed by atoms with van der Waals surface area (Å²) >= 11 is 0. The molecule has 0 aromatic carbocycles. The Morgan fingerprint density at radius 3 is 3.00 bits per heavy atom. The number of carbonyl (C=O) groups excluding carboxylic acids is 1. The maximum absolute atomic E-state index is 12.1. The number of hydrogen-bond donors (Lipinski definition) is 1. The summed E-state index contributed by atoms with van der Waals surface area (Å²) < 4.78 is 4.96. The van der Waals surface area contributed by atoms with Crippen molar-refractivity contribution in [2.75, 3.05) is 6.54 Å². The molecule has 0 aliphatic carbocycles. The normalized spacial score (nSPS) is 19.9. The number of carbonyl (C=O) groups is 2. The molecule has 1 saturated heterocycles. The maximum atomic E-state index is 12.1. The highest BCUT2D eigenvalue weighted by Gasteiger charge is 2.24. The zero-order valence-corrected chi connectivity index (χ0v) is 11.8. The lowest BCUT2D eigenvalue weighted by Crippen LogP contribution is -2.30. The zero-order valence-electron chi connectivity index (χ0n) is 11.8. The van der Waals surface area contributed by atoms with Gasteiger partial charge in [0.15, 0.2) is 0 Å². The van der Waals surface area contributed by atoms with Crippen LogP contribution in [0.25, 0.3) is 0 Å². The summed E-state index contributed by atoms with van der Waals surface area (Å²) in [4.78, 5) is 24.9. The Morgan fingerprint density at radius 2 is 2.30 bits per heavy atom. The van der Waals surface area contributed by atoms with Crippen molar-refractivity contribution >= 4 is 11.9 Å². The van der Waals surface area contributed by atoms with Gasteiger partial charge in [0.2, 0.25) is 11.7 Å². The van der Waals surface area contributed by atoms with E-state index >= 15 is 0 Å². The number of rotatable bonds is 5. The molecular weight excluding hydrogens is 258 g/mol. The predicted molar refractivity (Wildman–Crippen MR) is 73.3 cm³/mol. The van der Waals surface area contributed by atoms with Gasteiger partial charge in [-0.15, -0.1) is 0 Å². The molecule has 1 fully saturated rings. The van der Waals surface area contributed by atoms with E-state index in [1.807, 2.05) is 0 Å². The molecule has 1 N–H and O–H groups in total. The van der Waals surface area contributed by atoms with Gasteiger partial charge < -0.3 is 14.4 Å². The Bertz CT molecular complexity index is 480. The fourth-order valence-electron chi connectivity index (χ4n) is 2.81. The van der Waals surface area contributed by atoms with Crippen molar-refractivity contribution in [3.05, 3.63) is 23.7 Å². The van der Waals surface area contributed by atoms with E-state index < -0.39 is 5.97 Å². The topological polar surface area (TPSA) is 70.8 Å². The highest BCUT2D eigenvalue weighted by Crippen LogP contribution is 2.24. The van der Waals surface area contributed by atoms with Gasteiger partial charge in [-0.05, 0) is 24.8 Å². The molecule has 1 unspecified atom stereocenters. The summed E-state index contributed by atoms with van der Waals surface area (Å²) in [6, 6.07) is 1.63. The van der Waals surface area contributed by atoms with Crippen molar-refractivity contribution in [1.29, 1.82) is 0 Å². The molecule has 2 rings (SSSR count). The summed E-state index contributed by atoms with van der Waals surface area (Å²) in [6.07, 6.45) is 6.17. The molecule has 0 spiro atoms. The minimum absolute atomic E-state index is 0.0628. The maximum Gasteiger partial charge on any atom is 0.372 e. The second-order valence-corrected chi connectivity index (χ2v) is 5.38. The predicted octanol–water partition coefficient (Wildman–Crippen LogP) is 2.91. The van der Waals surface area contributed by atoms with Crippen LogP contribution < -0.4 is 0 Å². The number of likely N-dealkylation sites (tertiary alicyclic amines) is 1. The average Bonchev–Trinajstić information content (AvgIpc) is 2.81. The third-order valence-electron chi connectivity index (χ3n) is 3.93. The molecule has 0 bridgehead atoms. The van der Waals surface area contributed by atoms with Crippen LogP contribution in [0.1, 0.15) is 55.1 Å². The van der Waals surface area contributed by atoms with Crippen molar-refractivity contribution in [2.24, 2.45) is 5.92 Å². The van der Waals surface area contributed by atoms with Gasteiger partial charge in [0.05, 0.1) is 6.26 Å². The Morgan fingerprint density at radius 1 is 1.50 bits per heavy atom. The number of furan rings is 1. The molecule has 1 amide bonds. The lowest BCUT2D eigenvalue weighted by molar-refractivity contribution is -0.131. The molecule has 0 radical (unpaired) electrons. The first-order valence-corrected chi connectivity index (χ1v) is 7.19. The number of carboxylic acids is 1. The van der Waals surface area contributed by atoms with Crippen LogP contribution in [0.5, 0.6) is 0 Å². The minimum Gasteiger partial charge on any atom is -0.475 e. The molecule has 1 aliphatic heterocycles. The first-order chi connectivity index (χ1) is 9.61. The zero-order chi connectivity index (χ0) is 14.5. The average molecular weight is 279 g/mol. The highest BCUT2D eigenvalue weighted by atomic mass is 16.4. The van der Waals surface area contributed by atoms with Crippen LogP contribution in [0, 0.1) is 5.92 Å². The Hall–Kier alpha value is -1.78. The first-order valence-electron chi connectivity index (χ1n) is 7.19. The summed E-state index contributed by atoms with van der Waals surface area (Å²) in [7, 11) is 0. The van der Waals surface area contributed by atoms with E-state index in [1.54, 1.807) is 11.0 Å². The number of hydrogen-bond acceptors (Lipinski definition) is 3. The van der Waals surface area contributed by atoms with Gasteiger partial charge in [0, 0.05) is 25.1 Å². The molecule has 110 valence electrons. The van der Waals surface area contributed by atoms with E-state index in [9.17, 15) is 9.59 Å². The van der Waals surface area contributed by atoms with Gasteiger partial charge in [0.25, 0.3) is 0 Å². The molecule has 5 nitrogen and oxygen atoms in total. The molecule has 1 aliphatic rings. The number of aromatic carboxylic acids is 1. The van der Waals surface area contributed by atoms with Crippen molar-refractivity contribution in [3.63, 3.8) is 0 Å². The minimum atomic E-state index is -1.09. The molecule has 2 heterocycles. The van der Waals surface area contributed by atoms with Gasteiger partial charge in [-0.25, -0.2) is 4.79 Å². The molecule has 20 heavy (non-hydrogen) atoms. The Labute approximate surface area is 118 Å². The van der Waals surface area contributed by atoms with E-state index in [1.165, 1.54) is 6.26 Å². The van der Waals surface area contributed by atoms with E-state index in [0.29, 0.717) is 31.0 Å². The number of amides is 1. The SMILES string of the molecule is CCCC1CCC(=O)N(Cc2ccoc2C(=O)O)CC1. The lowest BCUT2D eigenvalue weighted by Gasteiger charge is -2.20. The monoisotopic (exact) mass is 279 g/mol. The summed E-state index contributed by atoms with van der Waals surface area (Å²) in [6.45, 7) is 3.19. The largest absolute Gasteiger partial charge is 0.475 e. The third-order valence-corrected chi connectivity index (χ3v) is 3.93. The van der Waals surface area contributed by atoms with Gasteiger partial charge in [-0.3, -0.25) is 4.79 Å². The van der Waals surface area contributed by atoms with Crippen LogP contribution in [-0.4, -0.2) is 28.4 Å². The van der Waals surface area contributed by atoms with Crippen LogP contribution in [0.3, 0.4) is 0 Å². The second-order valence-electron chi connectivity index (χ2n) is 5.38. The summed E-state index contributed by atoms with van der Waals surface area (Å²) in [5.74, 6) is -0.429. The lowest BCUT2D eigenvalue weighted by atomic mass is 9.96. The molecule has 5 heteroatoms. The molecule has 0 saturated carbocycles. The van der Waals surface area contributed by atoms with Crippen LogP contribution in [-0.2, 0) is 11.3 Å². The Balaban J connectivity index is 2.03. The van der Waals surface area contributed by atoms with E-state index in [2.05, 4.69) is 6.92 Å². The summed E-state index contributed by atoms with van der Waals surface area (Å²) in [5, 5.41) is 9.02. The van der Waals surface area contributed by atoms with E-state index in [4.69, 9.17) is 9.52 Å². The Kier molecular flexibility index (Phi) is 4.82. The molecule has 1 atom stereocenters.